The molecule has 0 amide bonds. The van der Waals surface area contributed by atoms with Gasteiger partial charge in [-0.2, -0.15) is 0 Å². The van der Waals surface area contributed by atoms with E-state index in [2.05, 4.69) is 12.1 Å². The van der Waals surface area contributed by atoms with E-state index in [1.165, 1.54) is 16.0 Å². The molecule has 0 spiro atoms. The van der Waals surface area contributed by atoms with Gasteiger partial charge in [0.2, 0.25) is 0 Å². The van der Waals surface area contributed by atoms with Crippen molar-refractivity contribution in [3.63, 3.8) is 0 Å². The molecule has 1 aliphatic rings. The first-order valence-corrected chi connectivity index (χ1v) is 6.35. The Morgan fingerprint density at radius 2 is 2.12 bits per heavy atom. The summed E-state index contributed by atoms with van der Waals surface area (Å²) in [4.78, 5) is 13.2. The molecule has 80 valence electrons. The van der Waals surface area contributed by atoms with E-state index in [1.807, 2.05) is 29.6 Å². The lowest BCUT2D eigenvalue weighted by atomic mass is 9.74. The molecule has 0 saturated heterocycles. The molecule has 3 rings (SSSR count). The summed E-state index contributed by atoms with van der Waals surface area (Å²) >= 11 is 1.66. The van der Waals surface area contributed by atoms with Gasteiger partial charge in [0.05, 0.1) is 0 Å². The normalized spacial score (nSPS) is 17.6. The van der Waals surface area contributed by atoms with Crippen molar-refractivity contribution in [2.75, 3.05) is 0 Å². The van der Waals surface area contributed by atoms with Crippen LogP contribution >= 0.6 is 11.3 Å². The number of ketones is 1. The molecule has 1 nitrogen and oxygen atoms in total. The summed E-state index contributed by atoms with van der Waals surface area (Å²) in [5, 5.41) is 2.03. The SMILES string of the molecule is O=C(Cc1cccs1)C1Cc2ccccc21. The molecule has 1 aromatic heterocycles. The fourth-order valence-electron chi connectivity index (χ4n) is 2.25. The van der Waals surface area contributed by atoms with E-state index < -0.39 is 0 Å². The zero-order valence-electron chi connectivity index (χ0n) is 8.85. The second kappa shape index (κ2) is 3.87. The predicted molar refractivity (Wildman–Crippen MR) is 65.9 cm³/mol. The summed E-state index contributed by atoms with van der Waals surface area (Å²) in [6.07, 6.45) is 1.52. The number of Topliss-reactive ketones (excluding diaryl/α,β-unsaturated/α-hetero) is 1. The number of hydrogen-bond acceptors (Lipinski definition) is 2. The van der Waals surface area contributed by atoms with Gasteiger partial charge in [-0.25, -0.2) is 0 Å². The van der Waals surface area contributed by atoms with Gasteiger partial charge < -0.3 is 0 Å². The first-order chi connectivity index (χ1) is 7.84. The molecule has 1 aromatic carbocycles. The first kappa shape index (κ1) is 9.79. The van der Waals surface area contributed by atoms with Crippen molar-refractivity contribution in [2.24, 2.45) is 0 Å². The van der Waals surface area contributed by atoms with Gasteiger partial charge in [-0.1, -0.05) is 30.3 Å². The van der Waals surface area contributed by atoms with E-state index in [0.717, 1.165) is 6.42 Å². The second-order valence-corrected chi connectivity index (χ2v) is 5.21. The first-order valence-electron chi connectivity index (χ1n) is 5.47. The number of benzene rings is 1. The maximum absolute atomic E-state index is 12.1. The highest BCUT2D eigenvalue weighted by Gasteiger charge is 2.31. The quantitative estimate of drug-likeness (QED) is 0.788. The van der Waals surface area contributed by atoms with Crippen molar-refractivity contribution in [3.05, 3.63) is 57.8 Å². The molecule has 1 unspecified atom stereocenters. The minimum Gasteiger partial charge on any atom is -0.299 e. The maximum Gasteiger partial charge on any atom is 0.145 e. The Hall–Kier alpha value is -1.41. The van der Waals surface area contributed by atoms with E-state index in [0.29, 0.717) is 12.2 Å². The summed E-state index contributed by atoms with van der Waals surface area (Å²) in [5.41, 5.74) is 2.58. The van der Waals surface area contributed by atoms with Crippen molar-refractivity contribution in [2.45, 2.75) is 18.8 Å². The van der Waals surface area contributed by atoms with Crippen molar-refractivity contribution >= 4 is 17.1 Å². The van der Waals surface area contributed by atoms with E-state index in [9.17, 15) is 4.79 Å². The Morgan fingerprint density at radius 1 is 1.25 bits per heavy atom. The highest BCUT2D eigenvalue weighted by atomic mass is 32.1. The highest BCUT2D eigenvalue weighted by molar-refractivity contribution is 7.10. The van der Waals surface area contributed by atoms with Gasteiger partial charge in [0.1, 0.15) is 5.78 Å². The van der Waals surface area contributed by atoms with Crippen molar-refractivity contribution < 1.29 is 4.79 Å². The van der Waals surface area contributed by atoms with Gasteiger partial charge in [0, 0.05) is 17.2 Å². The van der Waals surface area contributed by atoms with E-state index >= 15 is 0 Å². The monoisotopic (exact) mass is 228 g/mol. The summed E-state index contributed by atoms with van der Waals surface area (Å²) in [5.74, 6) is 0.513. The fourth-order valence-corrected chi connectivity index (χ4v) is 2.97. The predicted octanol–water partition coefficient (Wildman–Crippen LogP) is 3.20. The molecule has 0 bridgehead atoms. The van der Waals surface area contributed by atoms with Crippen LogP contribution in [0.5, 0.6) is 0 Å². The molecule has 0 aliphatic heterocycles. The maximum atomic E-state index is 12.1. The third kappa shape index (κ3) is 1.59. The molecule has 0 radical (unpaired) electrons. The molecule has 0 N–H and O–H groups in total. The lowest BCUT2D eigenvalue weighted by Gasteiger charge is -2.28. The van der Waals surface area contributed by atoms with Crippen LogP contribution in [0.3, 0.4) is 0 Å². The van der Waals surface area contributed by atoms with Gasteiger partial charge in [0.25, 0.3) is 0 Å². The summed E-state index contributed by atoms with van der Waals surface area (Å²) in [7, 11) is 0. The van der Waals surface area contributed by atoms with E-state index in [4.69, 9.17) is 0 Å². The number of rotatable bonds is 3. The third-order valence-corrected chi connectivity index (χ3v) is 4.05. The lowest BCUT2D eigenvalue weighted by Crippen LogP contribution is -2.26. The zero-order chi connectivity index (χ0) is 11.0. The van der Waals surface area contributed by atoms with E-state index in [1.54, 1.807) is 11.3 Å². The Kier molecular flexibility index (Phi) is 2.37. The van der Waals surface area contributed by atoms with Gasteiger partial charge in [-0.3, -0.25) is 4.79 Å². The molecule has 0 saturated carbocycles. The van der Waals surface area contributed by atoms with Crippen LogP contribution in [0.4, 0.5) is 0 Å². The van der Waals surface area contributed by atoms with Crippen LogP contribution in [-0.4, -0.2) is 5.78 Å². The second-order valence-electron chi connectivity index (χ2n) is 4.18. The summed E-state index contributed by atoms with van der Waals surface area (Å²) < 4.78 is 0. The summed E-state index contributed by atoms with van der Waals surface area (Å²) in [6, 6.07) is 12.3. The summed E-state index contributed by atoms with van der Waals surface area (Å²) in [6.45, 7) is 0. The Balaban J connectivity index is 1.75. The molecule has 1 atom stereocenters. The van der Waals surface area contributed by atoms with Crippen LogP contribution in [0.2, 0.25) is 0 Å². The molecule has 0 fully saturated rings. The molecular weight excluding hydrogens is 216 g/mol. The minimum absolute atomic E-state index is 0.151. The molecule has 16 heavy (non-hydrogen) atoms. The smallest absolute Gasteiger partial charge is 0.145 e. The van der Waals surface area contributed by atoms with Crippen molar-refractivity contribution in [1.29, 1.82) is 0 Å². The lowest BCUT2D eigenvalue weighted by molar-refractivity contribution is -0.120. The van der Waals surface area contributed by atoms with Crippen molar-refractivity contribution in [3.8, 4) is 0 Å². The third-order valence-electron chi connectivity index (χ3n) is 3.17. The molecular formula is C14H12OS. The Labute approximate surface area is 98.7 Å². The number of thiophene rings is 1. The number of fused-ring (bicyclic) bond motifs is 1. The van der Waals surface area contributed by atoms with Crippen LogP contribution < -0.4 is 0 Å². The van der Waals surface area contributed by atoms with Crippen LogP contribution in [0, 0.1) is 0 Å². The zero-order valence-corrected chi connectivity index (χ0v) is 9.67. The average Bonchev–Trinajstić information content (AvgIpc) is 2.72. The van der Waals surface area contributed by atoms with Gasteiger partial charge >= 0.3 is 0 Å². The van der Waals surface area contributed by atoms with E-state index in [-0.39, 0.29) is 5.92 Å². The van der Waals surface area contributed by atoms with Gasteiger partial charge in [0.15, 0.2) is 0 Å². The van der Waals surface area contributed by atoms with Crippen LogP contribution in [0.1, 0.15) is 21.9 Å². The minimum atomic E-state index is 0.151. The van der Waals surface area contributed by atoms with Crippen LogP contribution in [0.15, 0.2) is 41.8 Å². The highest BCUT2D eigenvalue weighted by Crippen LogP contribution is 2.36. The number of carbonyl (C=O) groups is 1. The van der Waals surface area contributed by atoms with Crippen LogP contribution in [0.25, 0.3) is 0 Å². The average molecular weight is 228 g/mol. The van der Waals surface area contributed by atoms with Gasteiger partial charge in [-0.05, 0) is 29.0 Å². The molecule has 2 heteroatoms. The molecule has 1 aliphatic carbocycles. The molecule has 1 heterocycles. The fraction of sp³-hybridized carbons (Fsp3) is 0.214. The standard InChI is InChI=1S/C14H12OS/c15-14(9-11-5-3-7-16-11)13-8-10-4-1-2-6-12(10)13/h1-7,13H,8-9H2. The number of hydrogen-bond donors (Lipinski definition) is 0. The van der Waals surface area contributed by atoms with Crippen LogP contribution in [-0.2, 0) is 17.6 Å². The van der Waals surface area contributed by atoms with Crippen molar-refractivity contribution in [1.82, 2.24) is 0 Å². The Bertz CT molecular complexity index is 513. The topological polar surface area (TPSA) is 17.1 Å². The molecule has 2 aromatic rings. The Morgan fingerprint density at radius 3 is 2.88 bits per heavy atom. The van der Waals surface area contributed by atoms with Gasteiger partial charge in [-0.15, -0.1) is 11.3 Å². The number of carbonyl (C=O) groups excluding carboxylic acids is 1. The largest absolute Gasteiger partial charge is 0.299 e.